The summed E-state index contributed by atoms with van der Waals surface area (Å²) in [6.45, 7) is 2.13. The monoisotopic (exact) mass is 451 g/mol. The number of nitrogens with zero attached hydrogens (tertiary/aromatic N) is 3. The summed E-state index contributed by atoms with van der Waals surface area (Å²) in [5.74, 6) is -1.81. The number of imide groups is 1. The Morgan fingerprint density at radius 2 is 1.59 bits per heavy atom. The number of anilines is 1. The van der Waals surface area contributed by atoms with Crippen LogP contribution in [0.5, 0.6) is 0 Å². The van der Waals surface area contributed by atoms with Crippen molar-refractivity contribution in [1.29, 1.82) is 0 Å². The molecule has 4 rings (SSSR count). The maximum atomic E-state index is 12.7. The van der Waals surface area contributed by atoms with Crippen LogP contribution in [0.25, 0.3) is 6.08 Å². The molecule has 2 aromatic rings. The minimum atomic E-state index is -1.04. The normalized spacial score (nSPS) is 17.9. The molecule has 2 fully saturated rings. The Balaban J connectivity index is 1.36. The van der Waals surface area contributed by atoms with Crippen molar-refractivity contribution in [3.05, 3.63) is 70.6 Å². The van der Waals surface area contributed by atoms with Gasteiger partial charge in [-0.25, -0.2) is 4.79 Å². The lowest BCUT2D eigenvalue weighted by Gasteiger charge is -2.36. The van der Waals surface area contributed by atoms with Crippen LogP contribution in [0.4, 0.5) is 10.5 Å². The largest absolute Gasteiger partial charge is 0.478 e. The number of carboxylic acids is 1. The van der Waals surface area contributed by atoms with E-state index >= 15 is 0 Å². The van der Waals surface area contributed by atoms with Crippen LogP contribution in [0.3, 0.4) is 0 Å². The number of para-hydroxylation sites is 1. The minimum Gasteiger partial charge on any atom is -0.478 e. The molecule has 3 amide bonds. The highest BCUT2D eigenvalue weighted by Crippen LogP contribution is 2.32. The van der Waals surface area contributed by atoms with Gasteiger partial charge in [0.2, 0.25) is 5.91 Å². The number of carbonyl (C=O) groups excluding carboxylic acids is 3. The maximum Gasteiger partial charge on any atom is 0.335 e. The van der Waals surface area contributed by atoms with Crippen LogP contribution >= 0.6 is 11.8 Å². The van der Waals surface area contributed by atoms with Crippen LogP contribution in [0.1, 0.15) is 15.9 Å². The highest BCUT2D eigenvalue weighted by molar-refractivity contribution is 8.18. The molecule has 8 nitrogen and oxygen atoms in total. The lowest BCUT2D eigenvalue weighted by atomic mass is 10.1. The van der Waals surface area contributed by atoms with E-state index < -0.39 is 17.1 Å². The first-order chi connectivity index (χ1) is 15.4. The molecule has 0 aromatic heterocycles. The Morgan fingerprint density at radius 3 is 2.22 bits per heavy atom. The minimum absolute atomic E-state index is 0.133. The number of benzene rings is 2. The first-order valence-corrected chi connectivity index (χ1v) is 10.9. The molecule has 0 bridgehead atoms. The molecule has 9 heteroatoms. The summed E-state index contributed by atoms with van der Waals surface area (Å²) in [5.41, 5.74) is 1.84. The molecule has 0 atom stereocenters. The number of hydrogen-bond donors (Lipinski definition) is 1. The number of carboxylic acid groups (broad SMARTS) is 1. The first-order valence-electron chi connectivity index (χ1n) is 10.1. The van der Waals surface area contributed by atoms with Crippen molar-refractivity contribution in [1.82, 2.24) is 9.80 Å². The lowest BCUT2D eigenvalue weighted by molar-refractivity contribution is -0.136. The number of thioether (sulfide) groups is 1. The fraction of sp³-hybridized carbons (Fsp3) is 0.217. The van der Waals surface area contributed by atoms with Crippen molar-refractivity contribution in [2.45, 2.75) is 0 Å². The van der Waals surface area contributed by atoms with Gasteiger partial charge in [-0.05, 0) is 47.7 Å². The molecule has 2 aromatic carbocycles. The fourth-order valence-electron chi connectivity index (χ4n) is 3.60. The number of carbonyl (C=O) groups is 4. The van der Waals surface area contributed by atoms with Crippen LogP contribution in [-0.2, 0) is 9.59 Å². The summed E-state index contributed by atoms with van der Waals surface area (Å²) in [6, 6.07) is 15.9. The molecular formula is C23H21N3O5S. The summed E-state index contributed by atoms with van der Waals surface area (Å²) in [7, 11) is 0. The van der Waals surface area contributed by atoms with Crippen molar-refractivity contribution < 1.29 is 24.3 Å². The third-order valence-corrected chi connectivity index (χ3v) is 6.28. The van der Waals surface area contributed by atoms with Crippen molar-refractivity contribution >= 4 is 46.5 Å². The van der Waals surface area contributed by atoms with Gasteiger partial charge in [-0.1, -0.05) is 30.3 Å². The Hall–Kier alpha value is -3.59. The highest BCUT2D eigenvalue weighted by atomic mass is 32.2. The fourth-order valence-corrected chi connectivity index (χ4v) is 4.44. The summed E-state index contributed by atoms with van der Waals surface area (Å²) in [6.07, 6.45) is 1.53. The molecule has 0 saturated carbocycles. The molecule has 2 heterocycles. The molecular weight excluding hydrogens is 430 g/mol. The van der Waals surface area contributed by atoms with E-state index in [1.54, 1.807) is 17.0 Å². The summed E-state index contributed by atoms with van der Waals surface area (Å²) in [5, 5.41) is 8.49. The van der Waals surface area contributed by atoms with Crippen LogP contribution in [0.15, 0.2) is 59.5 Å². The van der Waals surface area contributed by atoms with Gasteiger partial charge in [0.1, 0.15) is 6.54 Å². The molecule has 0 aliphatic carbocycles. The maximum absolute atomic E-state index is 12.7. The zero-order valence-electron chi connectivity index (χ0n) is 17.1. The number of amides is 3. The van der Waals surface area contributed by atoms with E-state index in [1.165, 1.54) is 18.2 Å². The second-order valence-electron chi connectivity index (χ2n) is 7.40. The SMILES string of the molecule is O=C(O)c1ccc(/C=C2\SC(=O)N(CC(=O)N3CCN(c4ccccc4)CC3)C2=O)cc1. The third-order valence-electron chi connectivity index (χ3n) is 5.38. The number of hydrogen-bond acceptors (Lipinski definition) is 6. The van der Waals surface area contributed by atoms with Gasteiger partial charge in [-0.3, -0.25) is 19.3 Å². The second-order valence-corrected chi connectivity index (χ2v) is 8.39. The highest BCUT2D eigenvalue weighted by Gasteiger charge is 2.37. The van der Waals surface area contributed by atoms with Crippen molar-refractivity contribution in [3.8, 4) is 0 Å². The van der Waals surface area contributed by atoms with Gasteiger partial charge in [0, 0.05) is 31.9 Å². The standard InChI is InChI=1S/C23H21N3O5S/c27-20(25-12-10-24(11-13-25)18-4-2-1-3-5-18)15-26-21(28)19(32-23(26)31)14-16-6-8-17(9-7-16)22(29)30/h1-9,14H,10-13,15H2,(H,29,30)/b19-14-. The average Bonchev–Trinajstić information content (AvgIpc) is 3.07. The Kier molecular flexibility index (Phi) is 6.27. The van der Waals surface area contributed by atoms with Gasteiger partial charge in [0.15, 0.2) is 0 Å². The molecule has 2 aliphatic rings. The van der Waals surface area contributed by atoms with E-state index in [4.69, 9.17) is 5.11 Å². The van der Waals surface area contributed by atoms with Gasteiger partial charge in [0.05, 0.1) is 10.5 Å². The predicted octanol–water partition coefficient (Wildman–Crippen LogP) is 2.77. The molecule has 32 heavy (non-hydrogen) atoms. The van der Waals surface area contributed by atoms with E-state index in [0.29, 0.717) is 31.7 Å². The van der Waals surface area contributed by atoms with Crippen molar-refractivity contribution in [2.24, 2.45) is 0 Å². The number of aromatic carboxylic acids is 1. The smallest absolute Gasteiger partial charge is 0.335 e. The van der Waals surface area contributed by atoms with Crippen LogP contribution < -0.4 is 4.90 Å². The Labute approximate surface area is 189 Å². The van der Waals surface area contributed by atoms with Gasteiger partial charge in [-0.15, -0.1) is 0 Å². The molecule has 0 radical (unpaired) electrons. The van der Waals surface area contributed by atoms with Gasteiger partial charge in [-0.2, -0.15) is 0 Å². The average molecular weight is 452 g/mol. The van der Waals surface area contributed by atoms with Crippen LogP contribution in [0.2, 0.25) is 0 Å². The lowest BCUT2D eigenvalue weighted by Crippen LogP contribution is -2.51. The second kappa shape index (κ2) is 9.27. The Morgan fingerprint density at radius 1 is 0.938 bits per heavy atom. The Bertz CT molecular complexity index is 1080. The van der Waals surface area contributed by atoms with Crippen molar-refractivity contribution in [2.75, 3.05) is 37.6 Å². The number of rotatable bonds is 5. The van der Waals surface area contributed by atoms with E-state index in [-0.39, 0.29) is 22.9 Å². The van der Waals surface area contributed by atoms with E-state index in [1.807, 2.05) is 30.3 Å². The van der Waals surface area contributed by atoms with Gasteiger partial charge in [0.25, 0.3) is 11.1 Å². The molecule has 0 unspecified atom stereocenters. The molecule has 0 spiro atoms. The van der Waals surface area contributed by atoms with E-state index in [9.17, 15) is 19.2 Å². The summed E-state index contributed by atoms with van der Waals surface area (Å²) < 4.78 is 0. The van der Waals surface area contributed by atoms with Crippen LogP contribution in [0, 0.1) is 0 Å². The van der Waals surface area contributed by atoms with Crippen LogP contribution in [-0.4, -0.2) is 70.7 Å². The predicted molar refractivity (Wildman–Crippen MR) is 121 cm³/mol. The zero-order chi connectivity index (χ0) is 22.7. The van der Waals surface area contributed by atoms with E-state index in [0.717, 1.165) is 22.3 Å². The van der Waals surface area contributed by atoms with Crippen molar-refractivity contribution in [3.63, 3.8) is 0 Å². The third kappa shape index (κ3) is 4.67. The molecule has 2 aliphatic heterocycles. The van der Waals surface area contributed by atoms with Gasteiger partial charge >= 0.3 is 5.97 Å². The number of piperazine rings is 1. The quantitative estimate of drug-likeness (QED) is 0.698. The zero-order valence-corrected chi connectivity index (χ0v) is 18.0. The summed E-state index contributed by atoms with van der Waals surface area (Å²) >= 11 is 0.777. The first kappa shape index (κ1) is 21.6. The molecule has 164 valence electrons. The molecule has 2 saturated heterocycles. The van der Waals surface area contributed by atoms with Gasteiger partial charge < -0.3 is 14.9 Å². The molecule has 1 N–H and O–H groups in total. The van der Waals surface area contributed by atoms with E-state index in [2.05, 4.69) is 4.90 Å². The topological polar surface area (TPSA) is 98.2 Å². The summed E-state index contributed by atoms with van der Waals surface area (Å²) in [4.78, 5) is 53.8.